The molecule has 0 aliphatic heterocycles. The number of rotatable bonds is 5. The van der Waals surface area contributed by atoms with Gasteiger partial charge in [0.2, 0.25) is 21.1 Å². The lowest BCUT2D eigenvalue weighted by atomic mass is 9.97. The van der Waals surface area contributed by atoms with E-state index >= 15 is 0 Å². The number of halogens is 4. The molecule has 3 aromatic heterocycles. The molecule has 0 bridgehead atoms. The van der Waals surface area contributed by atoms with E-state index in [4.69, 9.17) is 76.6 Å². The first kappa shape index (κ1) is 71.2. The van der Waals surface area contributed by atoms with Gasteiger partial charge in [-0.05, 0) is 260 Å². The SMILES string of the molecule is Clc1nc(-c2ccc3c4c(cccc24)-c2ccccc2-3)nc(-c2ccc3c4c(cccc24)-c2ccccc2-3)n1.Clc1nc(Cl)nc(Cl)n1.Oc1ccc(-c2nc(-c3ccc4c5c(cccc35)-c3ccccc3-4)nc(-c3ccc4c5c(cccc35)-c3ccccc3-4)n2)c(O)c1.Oc1cccc(O)c1.c1ccc2c(c1)-c1cccc3cccc-2c13. The monoisotopic (exact) mass is 1600 g/mol. The minimum Gasteiger partial charge on any atom is -0.508 e. The Morgan fingerprint density at radius 1 is 0.161 bits per heavy atom. The van der Waals surface area contributed by atoms with Gasteiger partial charge < -0.3 is 20.4 Å². The van der Waals surface area contributed by atoms with Gasteiger partial charge in [-0.2, -0.15) is 24.9 Å². The molecule has 0 saturated heterocycles. The standard InChI is InChI=1S/C41H23N3O2.C35H18ClN3.C16H10.C6H6O2.C3Cl3N3/c45-22-15-16-35(36(46)21-22)41-43-39(33-19-17-31-25-9-3-1-7-23(25)27-11-5-13-29(33)37(27)31)42-40(44-41)34-20-18-32-26-10-4-2-8-24(26)28-12-6-14-30(34)38(28)32;36-35-38-33(29-17-15-27-21-9-3-1-7-19(21)23-11-5-13-25(29)31(23)27)37-34(39-35)30-18-16-28-22-10-4-2-8-20(22)24-12-6-14-26(30)32(24)28;1-2-8-13-12(7-1)14-9-3-5-11-6-4-10-15(13)16(11)14;7-5-2-1-3-6(8)4-5;4-1-7-2(5)9-3(6)8-1/h1-21,45-46H;1-18H;1-10H;1-4,7-8H;. The summed E-state index contributed by atoms with van der Waals surface area (Å²) in [4.78, 5) is 39.7. The quantitative estimate of drug-likeness (QED) is 0.127. The van der Waals surface area contributed by atoms with Gasteiger partial charge in [0, 0.05) is 34.4 Å². The van der Waals surface area contributed by atoms with E-state index in [1.165, 1.54) is 174 Å². The van der Waals surface area contributed by atoms with Crippen LogP contribution < -0.4 is 0 Å². The molecular formula is C101H57Cl4N9O4. The lowest BCUT2D eigenvalue weighted by Crippen LogP contribution is -2.01. The summed E-state index contributed by atoms with van der Waals surface area (Å²) in [6.45, 7) is 0. The number of aromatic hydroxyl groups is 4. The highest BCUT2D eigenvalue weighted by atomic mass is 35.5. The van der Waals surface area contributed by atoms with Crippen molar-refractivity contribution in [3.8, 4) is 191 Å². The second-order valence-corrected chi connectivity index (χ2v) is 30.3. The number of aromatic nitrogens is 9. The van der Waals surface area contributed by atoms with E-state index < -0.39 is 0 Å². The second kappa shape index (κ2) is 28.8. The van der Waals surface area contributed by atoms with E-state index in [-0.39, 0.29) is 44.1 Å². The third kappa shape index (κ3) is 12.0. The van der Waals surface area contributed by atoms with Crippen molar-refractivity contribution in [2.45, 2.75) is 0 Å². The molecule has 25 rings (SSSR count). The molecule has 20 aromatic rings. The van der Waals surface area contributed by atoms with Crippen LogP contribution in [0.25, 0.3) is 222 Å². The highest BCUT2D eigenvalue weighted by Crippen LogP contribution is 2.55. The van der Waals surface area contributed by atoms with E-state index in [1.54, 1.807) is 12.1 Å². The maximum atomic E-state index is 10.9. The van der Waals surface area contributed by atoms with Crippen LogP contribution in [0.3, 0.4) is 0 Å². The predicted molar refractivity (Wildman–Crippen MR) is 476 cm³/mol. The van der Waals surface area contributed by atoms with Gasteiger partial charge in [-0.1, -0.05) is 261 Å². The first-order valence-corrected chi connectivity index (χ1v) is 39.5. The molecule has 0 atom stereocenters. The molecule has 5 aliphatic rings. The van der Waals surface area contributed by atoms with E-state index in [1.807, 2.05) is 0 Å². The fraction of sp³-hybridized carbons (Fsp3) is 0. The van der Waals surface area contributed by atoms with Crippen molar-refractivity contribution in [3.05, 3.63) is 343 Å². The maximum absolute atomic E-state index is 10.9. The number of phenolic OH excluding ortho intramolecular Hbond substituents is 4. The van der Waals surface area contributed by atoms with Gasteiger partial charge in [-0.3, -0.25) is 0 Å². The van der Waals surface area contributed by atoms with Crippen LogP contribution >= 0.6 is 46.4 Å². The average molecular weight is 1600 g/mol. The third-order valence-electron chi connectivity index (χ3n) is 22.4. The molecule has 17 aromatic carbocycles. The smallest absolute Gasteiger partial charge is 0.227 e. The molecule has 118 heavy (non-hydrogen) atoms. The number of phenols is 4. The van der Waals surface area contributed by atoms with Crippen molar-refractivity contribution in [1.82, 2.24) is 44.9 Å². The van der Waals surface area contributed by atoms with Crippen molar-refractivity contribution < 1.29 is 20.4 Å². The van der Waals surface area contributed by atoms with Gasteiger partial charge in [0.05, 0.1) is 5.56 Å². The van der Waals surface area contributed by atoms with Gasteiger partial charge in [-0.25, -0.2) is 19.9 Å². The minimum absolute atomic E-state index is 0.000000000000000444. The largest absolute Gasteiger partial charge is 0.508 e. The lowest BCUT2D eigenvalue weighted by Gasteiger charge is -2.13. The van der Waals surface area contributed by atoms with Crippen LogP contribution in [-0.4, -0.2) is 65.3 Å². The van der Waals surface area contributed by atoms with E-state index in [9.17, 15) is 10.2 Å². The summed E-state index contributed by atoms with van der Waals surface area (Å²) in [5.74, 6) is 2.56. The molecule has 0 spiro atoms. The Hall–Kier alpha value is -14.6. The first-order valence-electron chi connectivity index (χ1n) is 38.0. The maximum Gasteiger partial charge on any atom is 0.227 e. The fourth-order valence-corrected chi connectivity index (χ4v) is 18.4. The van der Waals surface area contributed by atoms with Gasteiger partial charge in [-0.15, -0.1) is 0 Å². The highest BCUT2D eigenvalue weighted by molar-refractivity contribution is 6.34. The van der Waals surface area contributed by atoms with Gasteiger partial charge >= 0.3 is 0 Å². The molecule has 17 heteroatoms. The summed E-state index contributed by atoms with van der Waals surface area (Å²) < 4.78 is 0. The van der Waals surface area contributed by atoms with Crippen molar-refractivity contribution in [1.29, 1.82) is 0 Å². The van der Waals surface area contributed by atoms with Gasteiger partial charge in [0.25, 0.3) is 0 Å². The van der Waals surface area contributed by atoms with Gasteiger partial charge in [0.1, 0.15) is 23.0 Å². The molecule has 0 fully saturated rings. The fourth-order valence-electron chi connectivity index (χ4n) is 17.6. The number of nitrogens with zero attached hydrogens (tertiary/aromatic N) is 9. The Morgan fingerprint density at radius 2 is 0.373 bits per heavy atom. The molecule has 0 amide bonds. The van der Waals surface area contributed by atoms with Crippen LogP contribution in [0.5, 0.6) is 23.0 Å². The predicted octanol–water partition coefficient (Wildman–Crippen LogP) is 26.8. The second-order valence-electron chi connectivity index (χ2n) is 28.9. The Balaban J connectivity index is 0.000000107. The van der Waals surface area contributed by atoms with Crippen LogP contribution in [0, 0.1) is 0 Å². The molecule has 558 valence electrons. The van der Waals surface area contributed by atoms with E-state index in [0.29, 0.717) is 34.7 Å². The Labute approximate surface area is 694 Å². The molecule has 5 aliphatic carbocycles. The van der Waals surface area contributed by atoms with Crippen LogP contribution in [0.2, 0.25) is 21.1 Å². The average Bonchev–Trinajstić information content (AvgIpc) is 1.56. The lowest BCUT2D eigenvalue weighted by molar-refractivity contribution is 0.450. The third-order valence-corrected chi connectivity index (χ3v) is 23.1. The zero-order chi connectivity index (χ0) is 79.6. The number of fused-ring (bicyclic) bond motifs is 15. The highest BCUT2D eigenvalue weighted by Gasteiger charge is 2.30. The number of benzene rings is 17. The van der Waals surface area contributed by atoms with Crippen molar-refractivity contribution in [2.75, 3.05) is 0 Å². The van der Waals surface area contributed by atoms with E-state index in [0.717, 1.165) is 43.8 Å². The number of hydrogen-bond acceptors (Lipinski definition) is 13. The van der Waals surface area contributed by atoms with Crippen molar-refractivity contribution >= 4 is 100 Å². The Kier molecular flexibility index (Phi) is 17.4. The normalized spacial score (nSPS) is 11.7. The van der Waals surface area contributed by atoms with Crippen LogP contribution in [0.15, 0.2) is 322 Å². The number of hydrogen-bond donors (Lipinski definition) is 4. The molecule has 0 unspecified atom stereocenters. The van der Waals surface area contributed by atoms with Crippen LogP contribution in [0.4, 0.5) is 0 Å². The molecule has 4 N–H and O–H groups in total. The van der Waals surface area contributed by atoms with E-state index in [2.05, 4.69) is 304 Å². The van der Waals surface area contributed by atoms with Crippen molar-refractivity contribution in [3.63, 3.8) is 0 Å². The molecular weight excluding hydrogens is 1540 g/mol. The summed E-state index contributed by atoms with van der Waals surface area (Å²) >= 11 is 22.5. The summed E-state index contributed by atoms with van der Waals surface area (Å²) in [5.41, 5.74) is 29.3. The topological polar surface area (TPSA) is 197 Å². The van der Waals surface area contributed by atoms with Gasteiger partial charge in [0.15, 0.2) is 29.1 Å². The van der Waals surface area contributed by atoms with Crippen molar-refractivity contribution in [2.24, 2.45) is 0 Å². The zero-order valence-corrected chi connectivity index (χ0v) is 64.9. The van der Waals surface area contributed by atoms with Crippen LogP contribution in [0.1, 0.15) is 0 Å². The first-order chi connectivity index (χ1) is 57.8. The van der Waals surface area contributed by atoms with Crippen LogP contribution in [-0.2, 0) is 0 Å². The summed E-state index contributed by atoms with van der Waals surface area (Å²) in [6, 6.07) is 109. The molecule has 0 saturated carbocycles. The minimum atomic E-state index is -0.102. The summed E-state index contributed by atoms with van der Waals surface area (Å²) in [5, 5.41) is 50.4. The summed E-state index contributed by atoms with van der Waals surface area (Å²) in [7, 11) is 0. The summed E-state index contributed by atoms with van der Waals surface area (Å²) in [6.07, 6.45) is 0. The zero-order valence-electron chi connectivity index (χ0n) is 61.9. The molecule has 0 radical (unpaired) electrons. The molecule has 3 heterocycles. The molecule has 13 nitrogen and oxygen atoms in total. The Bertz CT molecular complexity index is 7120. The Morgan fingerprint density at radius 3 is 0.653 bits per heavy atom.